The van der Waals surface area contributed by atoms with E-state index in [9.17, 15) is 4.79 Å². The first kappa shape index (κ1) is 12.2. The summed E-state index contributed by atoms with van der Waals surface area (Å²) in [5, 5.41) is 0. The molecule has 3 heteroatoms. The molecule has 2 unspecified atom stereocenters. The number of pyridine rings is 1. The third kappa shape index (κ3) is 2.55. The summed E-state index contributed by atoms with van der Waals surface area (Å²) in [5.74, 6) is 0.668. The van der Waals surface area contributed by atoms with E-state index in [-0.39, 0.29) is 5.92 Å². The van der Waals surface area contributed by atoms with Crippen LogP contribution in [-0.2, 0) is 11.2 Å². The Morgan fingerprint density at radius 2 is 2.47 bits per heavy atom. The second-order valence-electron chi connectivity index (χ2n) is 4.82. The Hall–Kier alpha value is -1.22. The number of ketones is 1. The lowest BCUT2D eigenvalue weighted by atomic mass is 9.91. The third-order valence-corrected chi connectivity index (χ3v) is 3.75. The number of nitrogens with two attached hydrogens (primary N) is 1. The van der Waals surface area contributed by atoms with Crippen LogP contribution >= 0.6 is 0 Å². The van der Waals surface area contributed by atoms with Gasteiger partial charge in [-0.05, 0) is 36.9 Å². The van der Waals surface area contributed by atoms with E-state index < -0.39 is 0 Å². The van der Waals surface area contributed by atoms with Crippen LogP contribution in [0, 0.1) is 5.92 Å². The van der Waals surface area contributed by atoms with Gasteiger partial charge in [-0.1, -0.05) is 19.4 Å². The molecule has 0 fully saturated rings. The van der Waals surface area contributed by atoms with E-state index >= 15 is 0 Å². The Balaban J connectivity index is 2.07. The van der Waals surface area contributed by atoms with E-state index in [4.69, 9.17) is 5.73 Å². The van der Waals surface area contributed by atoms with Gasteiger partial charge in [-0.15, -0.1) is 0 Å². The predicted molar refractivity (Wildman–Crippen MR) is 67.8 cm³/mol. The van der Waals surface area contributed by atoms with Gasteiger partial charge in [0.25, 0.3) is 0 Å². The third-order valence-electron chi connectivity index (χ3n) is 3.75. The van der Waals surface area contributed by atoms with Crippen LogP contribution in [0.3, 0.4) is 0 Å². The summed E-state index contributed by atoms with van der Waals surface area (Å²) in [6.07, 6.45) is 5.27. The zero-order valence-electron chi connectivity index (χ0n) is 10.4. The monoisotopic (exact) mass is 232 g/mol. The molecule has 2 rings (SSSR count). The first-order chi connectivity index (χ1) is 8.26. The van der Waals surface area contributed by atoms with Crippen LogP contribution in [0.2, 0.25) is 0 Å². The van der Waals surface area contributed by atoms with E-state index in [1.54, 1.807) is 6.20 Å². The number of fused-ring (bicyclic) bond motifs is 1. The molecule has 2 N–H and O–H groups in total. The van der Waals surface area contributed by atoms with Gasteiger partial charge >= 0.3 is 0 Å². The molecule has 1 aromatic rings. The zero-order valence-corrected chi connectivity index (χ0v) is 10.4. The maximum absolute atomic E-state index is 12.2. The van der Waals surface area contributed by atoms with Gasteiger partial charge in [0.05, 0.1) is 11.6 Å². The van der Waals surface area contributed by atoms with Crippen LogP contribution in [0.5, 0.6) is 0 Å². The van der Waals surface area contributed by atoms with Crippen molar-refractivity contribution in [1.82, 2.24) is 4.98 Å². The molecule has 0 saturated carbocycles. The Labute approximate surface area is 102 Å². The van der Waals surface area contributed by atoms with Crippen LogP contribution in [0.25, 0.3) is 0 Å². The number of hydrogen-bond acceptors (Lipinski definition) is 3. The van der Waals surface area contributed by atoms with Gasteiger partial charge in [0, 0.05) is 12.6 Å². The minimum absolute atomic E-state index is 0.0202. The fraction of sp³-hybridized carbons (Fsp3) is 0.571. The SMILES string of the molecule is CCC(CN)CC(=O)C1CCc2cccnc21. The van der Waals surface area contributed by atoms with E-state index in [1.165, 1.54) is 5.56 Å². The van der Waals surface area contributed by atoms with Crippen molar-refractivity contribution in [2.75, 3.05) is 6.54 Å². The maximum atomic E-state index is 12.2. The number of rotatable bonds is 5. The summed E-state index contributed by atoms with van der Waals surface area (Å²) >= 11 is 0. The molecule has 0 saturated heterocycles. The van der Waals surface area contributed by atoms with Gasteiger partial charge < -0.3 is 5.73 Å². The molecule has 92 valence electrons. The highest BCUT2D eigenvalue weighted by Crippen LogP contribution is 2.33. The van der Waals surface area contributed by atoms with Crippen molar-refractivity contribution in [3.05, 3.63) is 29.6 Å². The number of aromatic nitrogens is 1. The van der Waals surface area contributed by atoms with E-state index in [2.05, 4.69) is 18.0 Å². The quantitative estimate of drug-likeness (QED) is 0.845. The van der Waals surface area contributed by atoms with Crippen molar-refractivity contribution in [3.8, 4) is 0 Å². The van der Waals surface area contributed by atoms with Crippen molar-refractivity contribution in [2.45, 2.75) is 38.5 Å². The highest BCUT2D eigenvalue weighted by Gasteiger charge is 2.30. The lowest BCUT2D eigenvalue weighted by Gasteiger charge is -2.14. The Morgan fingerprint density at radius 1 is 1.65 bits per heavy atom. The smallest absolute Gasteiger partial charge is 0.142 e. The minimum atomic E-state index is 0.0202. The van der Waals surface area contributed by atoms with Crippen LogP contribution in [0.15, 0.2) is 18.3 Å². The number of carbonyl (C=O) groups excluding carboxylic acids is 1. The molecular formula is C14H20N2O. The topological polar surface area (TPSA) is 56.0 Å². The molecule has 0 radical (unpaired) electrons. The number of carbonyl (C=O) groups is 1. The van der Waals surface area contributed by atoms with Crippen LogP contribution in [0.1, 0.15) is 43.4 Å². The second-order valence-corrected chi connectivity index (χ2v) is 4.82. The molecule has 0 aromatic carbocycles. The average molecular weight is 232 g/mol. The molecule has 0 amide bonds. The van der Waals surface area contributed by atoms with Gasteiger partial charge in [-0.3, -0.25) is 9.78 Å². The first-order valence-corrected chi connectivity index (χ1v) is 6.42. The molecule has 0 spiro atoms. The molecule has 2 atom stereocenters. The molecule has 1 heterocycles. The normalized spacial score (nSPS) is 20.0. The van der Waals surface area contributed by atoms with Crippen molar-refractivity contribution < 1.29 is 4.79 Å². The lowest BCUT2D eigenvalue weighted by molar-refractivity contribution is -0.121. The van der Waals surface area contributed by atoms with Crippen molar-refractivity contribution >= 4 is 5.78 Å². The average Bonchev–Trinajstić information content (AvgIpc) is 2.79. The van der Waals surface area contributed by atoms with Crippen molar-refractivity contribution in [3.63, 3.8) is 0 Å². The van der Waals surface area contributed by atoms with Gasteiger partial charge in [0.15, 0.2) is 0 Å². The highest BCUT2D eigenvalue weighted by atomic mass is 16.1. The maximum Gasteiger partial charge on any atom is 0.142 e. The molecule has 0 aliphatic heterocycles. The van der Waals surface area contributed by atoms with Gasteiger partial charge in [0.2, 0.25) is 0 Å². The standard InChI is InChI=1S/C14H20N2O/c1-2-10(9-15)8-13(17)12-6-5-11-4-3-7-16-14(11)12/h3-4,7,10,12H,2,5-6,8-9,15H2,1H3. The Morgan fingerprint density at radius 3 is 3.18 bits per heavy atom. The summed E-state index contributed by atoms with van der Waals surface area (Å²) in [6, 6.07) is 4.02. The van der Waals surface area contributed by atoms with Gasteiger partial charge in [0.1, 0.15) is 5.78 Å². The highest BCUT2D eigenvalue weighted by molar-refractivity contribution is 5.86. The Bertz CT molecular complexity index is 399. The molecule has 0 bridgehead atoms. The van der Waals surface area contributed by atoms with Gasteiger partial charge in [-0.25, -0.2) is 0 Å². The van der Waals surface area contributed by atoms with E-state index in [0.29, 0.717) is 24.7 Å². The number of nitrogens with zero attached hydrogens (tertiary/aromatic N) is 1. The van der Waals surface area contributed by atoms with Crippen LogP contribution in [-0.4, -0.2) is 17.3 Å². The Kier molecular flexibility index (Phi) is 3.89. The molecule has 1 aromatic heterocycles. The molecule has 17 heavy (non-hydrogen) atoms. The summed E-state index contributed by atoms with van der Waals surface area (Å²) in [6.45, 7) is 2.69. The van der Waals surface area contributed by atoms with Crippen molar-refractivity contribution in [1.29, 1.82) is 0 Å². The van der Waals surface area contributed by atoms with Crippen LogP contribution < -0.4 is 5.73 Å². The number of hydrogen-bond donors (Lipinski definition) is 1. The van der Waals surface area contributed by atoms with E-state index in [1.807, 2.05) is 6.07 Å². The van der Waals surface area contributed by atoms with Crippen molar-refractivity contribution in [2.24, 2.45) is 11.7 Å². The predicted octanol–water partition coefficient (Wildman–Crippen LogP) is 2.06. The fourth-order valence-electron chi connectivity index (χ4n) is 2.55. The molecule has 1 aliphatic rings. The zero-order chi connectivity index (χ0) is 12.3. The second kappa shape index (κ2) is 5.41. The summed E-state index contributed by atoms with van der Waals surface area (Å²) in [5.41, 5.74) is 7.90. The fourth-order valence-corrected chi connectivity index (χ4v) is 2.55. The molecular weight excluding hydrogens is 212 g/mol. The van der Waals surface area contributed by atoms with Gasteiger partial charge in [-0.2, -0.15) is 0 Å². The molecule has 1 aliphatic carbocycles. The van der Waals surface area contributed by atoms with Crippen LogP contribution in [0.4, 0.5) is 0 Å². The summed E-state index contributed by atoms with van der Waals surface area (Å²) in [4.78, 5) is 16.6. The number of Topliss-reactive ketones (excluding diaryl/α,β-unsaturated/α-hetero) is 1. The summed E-state index contributed by atoms with van der Waals surface area (Å²) < 4.78 is 0. The largest absolute Gasteiger partial charge is 0.330 e. The lowest BCUT2D eigenvalue weighted by Crippen LogP contribution is -2.21. The minimum Gasteiger partial charge on any atom is -0.330 e. The molecule has 3 nitrogen and oxygen atoms in total. The van der Waals surface area contributed by atoms with E-state index in [0.717, 1.165) is 25.0 Å². The first-order valence-electron chi connectivity index (χ1n) is 6.42. The number of aryl methyl sites for hydroxylation is 1. The summed E-state index contributed by atoms with van der Waals surface area (Å²) in [7, 11) is 0.